The maximum absolute atomic E-state index is 12.1. The molecular formula is C19H21ClN2O3. The van der Waals surface area contributed by atoms with Gasteiger partial charge < -0.3 is 9.47 Å². The number of hydrogen-bond acceptors (Lipinski definition) is 4. The van der Waals surface area contributed by atoms with Gasteiger partial charge in [-0.2, -0.15) is 5.10 Å². The fraction of sp³-hybridized carbons (Fsp3) is 0.263. The number of ether oxygens (including phenoxy) is 2. The van der Waals surface area contributed by atoms with Crippen LogP contribution in [0.1, 0.15) is 25.0 Å². The molecule has 2 aromatic carbocycles. The van der Waals surface area contributed by atoms with E-state index in [1.54, 1.807) is 31.3 Å². The van der Waals surface area contributed by atoms with Gasteiger partial charge in [-0.1, -0.05) is 23.7 Å². The number of carbonyl (C=O) groups is 1. The molecule has 1 N–H and O–H groups in total. The van der Waals surface area contributed by atoms with Crippen LogP contribution in [0.3, 0.4) is 0 Å². The molecule has 0 fully saturated rings. The molecule has 132 valence electrons. The van der Waals surface area contributed by atoms with E-state index in [-0.39, 0.29) is 5.91 Å². The number of hydrogen-bond donors (Lipinski definition) is 1. The number of nitrogens with one attached hydrogen (secondary N) is 1. The lowest BCUT2D eigenvalue weighted by Crippen LogP contribution is -2.33. The highest BCUT2D eigenvalue weighted by Crippen LogP contribution is 2.22. The minimum absolute atomic E-state index is 0.349. The van der Waals surface area contributed by atoms with Gasteiger partial charge in [0.05, 0.1) is 12.8 Å². The minimum Gasteiger partial charge on any atom is -0.493 e. The van der Waals surface area contributed by atoms with Gasteiger partial charge in [0.1, 0.15) is 11.5 Å². The maximum Gasteiger partial charge on any atom is 0.280 e. The second kappa shape index (κ2) is 9.08. The molecule has 6 heteroatoms. The van der Waals surface area contributed by atoms with E-state index in [9.17, 15) is 4.79 Å². The summed E-state index contributed by atoms with van der Waals surface area (Å²) in [4.78, 5) is 12.1. The zero-order chi connectivity index (χ0) is 18.2. The lowest BCUT2D eigenvalue weighted by atomic mass is 10.2. The monoisotopic (exact) mass is 360 g/mol. The predicted molar refractivity (Wildman–Crippen MR) is 99.6 cm³/mol. The lowest BCUT2D eigenvalue weighted by Gasteiger charge is -2.13. The average Bonchev–Trinajstić information content (AvgIpc) is 2.59. The first-order chi connectivity index (χ1) is 12.0. The second-order valence-electron chi connectivity index (χ2n) is 5.38. The zero-order valence-corrected chi connectivity index (χ0v) is 15.2. The highest BCUT2D eigenvalue weighted by atomic mass is 35.5. The summed E-state index contributed by atoms with van der Waals surface area (Å²) in [6, 6.07) is 12.7. The molecular weight excluding hydrogens is 340 g/mol. The molecule has 0 aromatic heterocycles. The number of halogens is 1. The van der Waals surface area contributed by atoms with E-state index in [2.05, 4.69) is 10.5 Å². The second-order valence-corrected chi connectivity index (χ2v) is 5.78. The van der Waals surface area contributed by atoms with E-state index in [0.29, 0.717) is 23.1 Å². The van der Waals surface area contributed by atoms with Crippen LogP contribution in [0.25, 0.3) is 0 Å². The molecule has 0 aliphatic carbocycles. The van der Waals surface area contributed by atoms with Crippen molar-refractivity contribution in [2.24, 2.45) is 5.10 Å². The summed E-state index contributed by atoms with van der Waals surface area (Å²) in [7, 11) is 0. The van der Waals surface area contributed by atoms with Crippen molar-refractivity contribution >= 4 is 23.7 Å². The largest absolute Gasteiger partial charge is 0.493 e. The third-order valence-electron chi connectivity index (χ3n) is 3.41. The van der Waals surface area contributed by atoms with E-state index in [0.717, 1.165) is 11.1 Å². The Morgan fingerprint density at radius 3 is 2.80 bits per heavy atom. The molecule has 2 aromatic rings. The molecule has 0 saturated heterocycles. The summed E-state index contributed by atoms with van der Waals surface area (Å²) in [6.45, 7) is 6.00. The van der Waals surface area contributed by atoms with E-state index >= 15 is 0 Å². The maximum atomic E-state index is 12.1. The summed E-state index contributed by atoms with van der Waals surface area (Å²) in [6.07, 6.45) is 0.849. The molecule has 1 amide bonds. The van der Waals surface area contributed by atoms with Gasteiger partial charge in [-0.25, -0.2) is 5.43 Å². The number of rotatable bonds is 7. The topological polar surface area (TPSA) is 59.9 Å². The summed E-state index contributed by atoms with van der Waals surface area (Å²) in [5.41, 5.74) is 4.14. The summed E-state index contributed by atoms with van der Waals surface area (Å²) >= 11 is 5.98. The Morgan fingerprint density at radius 1 is 1.32 bits per heavy atom. The van der Waals surface area contributed by atoms with Gasteiger partial charge >= 0.3 is 0 Å². The predicted octanol–water partition coefficient (Wildman–Crippen LogP) is 3.96. The number of amides is 1. The highest BCUT2D eigenvalue weighted by Gasteiger charge is 2.14. The van der Waals surface area contributed by atoms with Crippen molar-refractivity contribution in [2.75, 3.05) is 6.61 Å². The van der Waals surface area contributed by atoms with Crippen LogP contribution in [0, 0.1) is 6.92 Å². The average molecular weight is 361 g/mol. The van der Waals surface area contributed by atoms with Crippen molar-refractivity contribution < 1.29 is 14.3 Å². The van der Waals surface area contributed by atoms with Crippen LogP contribution in [0.15, 0.2) is 47.6 Å². The number of aryl methyl sites for hydroxylation is 1. The Morgan fingerprint density at radius 2 is 2.08 bits per heavy atom. The van der Waals surface area contributed by atoms with E-state index in [4.69, 9.17) is 21.1 Å². The third kappa shape index (κ3) is 5.50. The number of nitrogens with zero attached hydrogens (tertiary/aromatic N) is 1. The van der Waals surface area contributed by atoms with E-state index in [1.165, 1.54) is 0 Å². The number of para-hydroxylation sites is 1. The molecule has 0 aliphatic heterocycles. The van der Waals surface area contributed by atoms with Gasteiger partial charge in [0.15, 0.2) is 6.10 Å². The Kier molecular flexibility index (Phi) is 6.83. The molecule has 0 radical (unpaired) electrons. The quantitative estimate of drug-likeness (QED) is 0.600. The van der Waals surface area contributed by atoms with Crippen molar-refractivity contribution in [3.05, 3.63) is 58.6 Å². The minimum atomic E-state index is -0.695. The fourth-order valence-corrected chi connectivity index (χ4v) is 2.20. The van der Waals surface area contributed by atoms with Crippen molar-refractivity contribution in [1.29, 1.82) is 0 Å². The summed E-state index contributed by atoms with van der Waals surface area (Å²) in [5, 5.41) is 4.63. The van der Waals surface area contributed by atoms with Gasteiger partial charge in [0, 0.05) is 10.6 Å². The normalized spacial score (nSPS) is 12.0. The van der Waals surface area contributed by atoms with Gasteiger partial charge in [0.25, 0.3) is 5.91 Å². The van der Waals surface area contributed by atoms with Gasteiger partial charge in [-0.15, -0.1) is 0 Å². The molecule has 0 spiro atoms. The van der Waals surface area contributed by atoms with Crippen LogP contribution in [-0.4, -0.2) is 24.8 Å². The number of carbonyl (C=O) groups excluding carboxylic acids is 1. The van der Waals surface area contributed by atoms with Crippen LogP contribution in [-0.2, 0) is 4.79 Å². The fourth-order valence-electron chi connectivity index (χ4n) is 2.08. The molecule has 1 atom stereocenters. The molecule has 0 unspecified atom stereocenters. The van der Waals surface area contributed by atoms with Crippen molar-refractivity contribution in [1.82, 2.24) is 5.43 Å². The standard InChI is InChI=1S/C19H21ClN2O3/c1-4-24-18-8-6-5-7-15(18)12-21-22-19(23)14(3)25-16-9-10-17(20)13(2)11-16/h5-12,14H,4H2,1-3H3,(H,22,23)/t14-/m1/s1. The van der Waals surface area contributed by atoms with Crippen molar-refractivity contribution in [3.63, 3.8) is 0 Å². The van der Waals surface area contributed by atoms with E-state index in [1.807, 2.05) is 38.1 Å². The molecule has 25 heavy (non-hydrogen) atoms. The van der Waals surface area contributed by atoms with Crippen LogP contribution in [0.4, 0.5) is 0 Å². The van der Waals surface area contributed by atoms with E-state index < -0.39 is 6.10 Å². The number of hydrazone groups is 1. The molecule has 2 rings (SSSR count). The molecule has 0 aliphatic rings. The SMILES string of the molecule is CCOc1ccccc1C=NNC(=O)[C@@H](C)Oc1ccc(Cl)c(C)c1. The van der Waals surface area contributed by atoms with Crippen molar-refractivity contribution in [3.8, 4) is 11.5 Å². The van der Waals surface area contributed by atoms with Gasteiger partial charge in [-0.05, 0) is 56.7 Å². The Hall–Kier alpha value is -2.53. The van der Waals surface area contributed by atoms with Gasteiger partial charge in [-0.3, -0.25) is 4.79 Å². The molecule has 5 nitrogen and oxygen atoms in total. The highest BCUT2D eigenvalue weighted by molar-refractivity contribution is 6.31. The summed E-state index contributed by atoms with van der Waals surface area (Å²) in [5.74, 6) is 0.942. The smallest absolute Gasteiger partial charge is 0.280 e. The Balaban J connectivity index is 1.94. The van der Waals surface area contributed by atoms with Crippen LogP contribution in [0.2, 0.25) is 5.02 Å². The molecule has 0 bridgehead atoms. The third-order valence-corrected chi connectivity index (χ3v) is 3.83. The lowest BCUT2D eigenvalue weighted by molar-refractivity contribution is -0.127. The van der Waals surface area contributed by atoms with Crippen LogP contribution < -0.4 is 14.9 Å². The zero-order valence-electron chi connectivity index (χ0n) is 14.5. The first-order valence-electron chi connectivity index (χ1n) is 7.98. The molecule has 0 saturated carbocycles. The first-order valence-corrected chi connectivity index (χ1v) is 8.36. The Labute approximate surface area is 152 Å². The van der Waals surface area contributed by atoms with Gasteiger partial charge in [0.2, 0.25) is 0 Å². The molecule has 0 heterocycles. The first kappa shape index (κ1) is 18.8. The van der Waals surface area contributed by atoms with Crippen molar-refractivity contribution in [2.45, 2.75) is 26.9 Å². The summed E-state index contributed by atoms with van der Waals surface area (Å²) < 4.78 is 11.1. The van der Waals surface area contributed by atoms with Crippen LogP contribution in [0.5, 0.6) is 11.5 Å². The Bertz CT molecular complexity index is 762. The number of benzene rings is 2. The van der Waals surface area contributed by atoms with Crippen LogP contribution >= 0.6 is 11.6 Å².